The molecule has 0 bridgehead atoms. The second-order valence-electron chi connectivity index (χ2n) is 7.63. The van der Waals surface area contributed by atoms with Gasteiger partial charge in [-0.2, -0.15) is 0 Å². The molecule has 0 unspecified atom stereocenters. The molecule has 0 radical (unpaired) electrons. The first-order chi connectivity index (χ1) is 12.1. The molecule has 2 saturated heterocycles. The maximum Gasteiger partial charge on any atom is 0.317 e. The van der Waals surface area contributed by atoms with E-state index in [1.165, 1.54) is 5.69 Å². The third-order valence-corrected chi connectivity index (χ3v) is 5.04. The van der Waals surface area contributed by atoms with Crippen molar-refractivity contribution in [2.24, 2.45) is 5.92 Å². The van der Waals surface area contributed by atoms with Crippen LogP contribution in [0.25, 0.3) is 0 Å². The van der Waals surface area contributed by atoms with Gasteiger partial charge in [-0.05, 0) is 37.3 Å². The Hall–Kier alpha value is -1.75. The number of rotatable bonds is 5. The molecule has 1 aromatic rings. The number of hydrogen-bond donors (Lipinski definition) is 1. The summed E-state index contributed by atoms with van der Waals surface area (Å²) in [5.74, 6) is 0.540. The Morgan fingerprint density at radius 3 is 2.56 bits per heavy atom. The summed E-state index contributed by atoms with van der Waals surface area (Å²) in [5, 5.41) is 3.22. The van der Waals surface area contributed by atoms with Crippen molar-refractivity contribution in [1.29, 1.82) is 0 Å². The zero-order valence-electron chi connectivity index (χ0n) is 15.5. The fraction of sp³-hybridized carbons (Fsp3) is 0.650. The van der Waals surface area contributed by atoms with Crippen molar-refractivity contribution in [3.63, 3.8) is 0 Å². The summed E-state index contributed by atoms with van der Waals surface area (Å²) in [4.78, 5) is 16.8. The van der Waals surface area contributed by atoms with Gasteiger partial charge in [0.25, 0.3) is 0 Å². The number of ether oxygens (including phenoxy) is 1. The van der Waals surface area contributed by atoms with Crippen molar-refractivity contribution in [2.75, 3.05) is 37.7 Å². The first-order valence-electron chi connectivity index (χ1n) is 9.59. The lowest BCUT2D eigenvalue weighted by Crippen LogP contribution is -2.49. The second-order valence-corrected chi connectivity index (χ2v) is 7.63. The summed E-state index contributed by atoms with van der Waals surface area (Å²) in [6, 6.07) is 10.9. The van der Waals surface area contributed by atoms with Gasteiger partial charge in [-0.25, -0.2) is 4.79 Å². The molecule has 1 atom stereocenters. The van der Waals surface area contributed by atoms with Gasteiger partial charge in [0.15, 0.2) is 0 Å². The fourth-order valence-electron chi connectivity index (χ4n) is 3.56. The van der Waals surface area contributed by atoms with E-state index in [2.05, 4.69) is 48.3 Å². The predicted octanol–water partition coefficient (Wildman–Crippen LogP) is 3.11. The Labute approximate surface area is 151 Å². The lowest BCUT2D eigenvalue weighted by Gasteiger charge is -2.34. The Morgan fingerprint density at radius 1 is 1.16 bits per heavy atom. The minimum absolute atomic E-state index is 0.0776. The Balaban J connectivity index is 1.39. The first kappa shape index (κ1) is 18.1. The third-order valence-electron chi connectivity index (χ3n) is 5.04. The van der Waals surface area contributed by atoms with Gasteiger partial charge in [0, 0.05) is 44.5 Å². The van der Waals surface area contributed by atoms with E-state index in [0.29, 0.717) is 5.92 Å². The maximum absolute atomic E-state index is 12.5. The molecule has 1 aromatic carbocycles. The molecule has 0 saturated carbocycles. The van der Waals surface area contributed by atoms with Gasteiger partial charge >= 0.3 is 6.03 Å². The number of carbonyl (C=O) groups is 1. The highest BCUT2D eigenvalue weighted by molar-refractivity contribution is 5.75. The van der Waals surface area contributed by atoms with Crippen molar-refractivity contribution in [3.8, 4) is 0 Å². The van der Waals surface area contributed by atoms with Crippen LogP contribution in [0.1, 0.15) is 33.1 Å². The normalized spacial score (nSPS) is 21.8. The van der Waals surface area contributed by atoms with Gasteiger partial charge in [-0.3, -0.25) is 0 Å². The van der Waals surface area contributed by atoms with E-state index >= 15 is 0 Å². The molecule has 0 aromatic heterocycles. The van der Waals surface area contributed by atoms with Crippen molar-refractivity contribution in [2.45, 2.75) is 45.3 Å². The van der Waals surface area contributed by atoms with Gasteiger partial charge < -0.3 is 19.9 Å². The minimum atomic E-state index is 0.0776. The SMILES string of the molecule is CC(C)CO[C@H]1CCN(C(=O)NC2CCN(c3ccccc3)CC2)C1. The van der Waals surface area contributed by atoms with E-state index in [0.717, 1.165) is 52.0 Å². The van der Waals surface area contributed by atoms with Crippen molar-refractivity contribution < 1.29 is 9.53 Å². The summed E-state index contributed by atoms with van der Waals surface area (Å²) in [7, 11) is 0. The zero-order chi connectivity index (χ0) is 17.6. The summed E-state index contributed by atoms with van der Waals surface area (Å²) in [5.41, 5.74) is 1.27. The zero-order valence-corrected chi connectivity index (χ0v) is 15.5. The topological polar surface area (TPSA) is 44.8 Å². The monoisotopic (exact) mass is 345 g/mol. The average molecular weight is 345 g/mol. The minimum Gasteiger partial charge on any atom is -0.376 e. The molecule has 2 aliphatic heterocycles. The third kappa shape index (κ3) is 5.11. The van der Waals surface area contributed by atoms with E-state index in [9.17, 15) is 4.79 Å². The van der Waals surface area contributed by atoms with Crippen LogP contribution in [0.3, 0.4) is 0 Å². The van der Waals surface area contributed by atoms with E-state index in [1.54, 1.807) is 0 Å². The largest absolute Gasteiger partial charge is 0.376 e. The van der Waals surface area contributed by atoms with Gasteiger partial charge in [0.05, 0.1) is 6.10 Å². The summed E-state index contributed by atoms with van der Waals surface area (Å²) in [6.45, 7) is 8.60. The molecule has 2 fully saturated rings. The number of urea groups is 1. The molecule has 0 spiro atoms. The van der Waals surface area contributed by atoms with Crippen molar-refractivity contribution in [3.05, 3.63) is 30.3 Å². The standard InChI is InChI=1S/C20H31N3O2/c1-16(2)15-25-19-10-13-23(14-19)20(24)21-17-8-11-22(12-9-17)18-6-4-3-5-7-18/h3-7,16-17,19H,8-15H2,1-2H3,(H,21,24)/t19-/m0/s1. The molecular formula is C20H31N3O2. The van der Waals surface area contributed by atoms with Crippen LogP contribution >= 0.6 is 0 Å². The lowest BCUT2D eigenvalue weighted by molar-refractivity contribution is 0.0435. The van der Waals surface area contributed by atoms with E-state index in [-0.39, 0.29) is 18.2 Å². The molecule has 5 nitrogen and oxygen atoms in total. The number of hydrogen-bond acceptors (Lipinski definition) is 3. The average Bonchev–Trinajstić information content (AvgIpc) is 3.11. The number of piperidine rings is 1. The molecule has 138 valence electrons. The Kier molecular flexibility index (Phi) is 6.19. The van der Waals surface area contributed by atoms with E-state index < -0.39 is 0 Å². The summed E-state index contributed by atoms with van der Waals surface area (Å²) in [6.07, 6.45) is 3.16. The van der Waals surface area contributed by atoms with Crippen LogP contribution < -0.4 is 10.2 Å². The first-order valence-corrected chi connectivity index (χ1v) is 9.59. The van der Waals surface area contributed by atoms with Gasteiger partial charge in [-0.15, -0.1) is 0 Å². The van der Waals surface area contributed by atoms with E-state index in [1.807, 2.05) is 11.0 Å². The molecule has 2 heterocycles. The maximum atomic E-state index is 12.5. The molecule has 2 amide bonds. The van der Waals surface area contributed by atoms with Crippen LogP contribution in [0.2, 0.25) is 0 Å². The second kappa shape index (κ2) is 8.56. The van der Waals surface area contributed by atoms with Gasteiger partial charge in [0.2, 0.25) is 0 Å². The fourth-order valence-corrected chi connectivity index (χ4v) is 3.56. The summed E-state index contributed by atoms with van der Waals surface area (Å²) < 4.78 is 5.87. The molecule has 5 heteroatoms. The van der Waals surface area contributed by atoms with Crippen LogP contribution in [0, 0.1) is 5.92 Å². The Bertz CT molecular complexity index is 541. The molecule has 3 rings (SSSR count). The van der Waals surface area contributed by atoms with Crippen LogP contribution in [-0.2, 0) is 4.74 Å². The molecule has 1 N–H and O–H groups in total. The number of likely N-dealkylation sites (tertiary alicyclic amines) is 1. The van der Waals surface area contributed by atoms with Gasteiger partial charge in [0.1, 0.15) is 0 Å². The number of benzene rings is 1. The van der Waals surface area contributed by atoms with Gasteiger partial charge in [-0.1, -0.05) is 32.0 Å². The number of nitrogens with zero attached hydrogens (tertiary/aromatic N) is 2. The highest BCUT2D eigenvalue weighted by Gasteiger charge is 2.29. The van der Waals surface area contributed by atoms with Crippen LogP contribution in [0.5, 0.6) is 0 Å². The van der Waals surface area contributed by atoms with E-state index in [4.69, 9.17) is 4.74 Å². The van der Waals surface area contributed by atoms with Crippen LogP contribution in [0.4, 0.5) is 10.5 Å². The molecule has 0 aliphatic carbocycles. The lowest BCUT2D eigenvalue weighted by atomic mass is 10.0. The Morgan fingerprint density at radius 2 is 1.88 bits per heavy atom. The molecular weight excluding hydrogens is 314 g/mol. The number of nitrogens with one attached hydrogen (secondary N) is 1. The number of anilines is 1. The van der Waals surface area contributed by atoms with Crippen molar-refractivity contribution >= 4 is 11.7 Å². The van der Waals surface area contributed by atoms with Crippen LogP contribution in [0.15, 0.2) is 30.3 Å². The molecule has 2 aliphatic rings. The number of carbonyl (C=O) groups excluding carboxylic acids is 1. The smallest absolute Gasteiger partial charge is 0.317 e. The number of amides is 2. The number of para-hydroxylation sites is 1. The van der Waals surface area contributed by atoms with Crippen LogP contribution in [-0.4, -0.2) is 55.9 Å². The highest BCUT2D eigenvalue weighted by atomic mass is 16.5. The molecule has 25 heavy (non-hydrogen) atoms. The predicted molar refractivity (Wildman–Crippen MR) is 101 cm³/mol. The summed E-state index contributed by atoms with van der Waals surface area (Å²) >= 11 is 0. The quantitative estimate of drug-likeness (QED) is 0.892. The highest BCUT2D eigenvalue weighted by Crippen LogP contribution is 2.20. The van der Waals surface area contributed by atoms with Crippen molar-refractivity contribution in [1.82, 2.24) is 10.2 Å².